The van der Waals surface area contributed by atoms with E-state index >= 15 is 0 Å². The van der Waals surface area contributed by atoms with Crippen LogP contribution in [-0.2, 0) is 9.59 Å². The minimum Gasteiger partial charge on any atom is -0.349 e. The molecule has 0 saturated carbocycles. The van der Waals surface area contributed by atoms with Crippen molar-refractivity contribution < 1.29 is 9.59 Å². The van der Waals surface area contributed by atoms with Crippen LogP contribution in [0.1, 0.15) is 46.5 Å². The van der Waals surface area contributed by atoms with Gasteiger partial charge in [0.2, 0.25) is 11.8 Å². The molecule has 3 N–H and O–H groups in total. The highest BCUT2D eigenvalue weighted by atomic mass is 32.2. The average Bonchev–Trinajstić information content (AvgIpc) is 2.47. The molecule has 0 aromatic carbocycles. The Morgan fingerprint density at radius 1 is 1.23 bits per heavy atom. The molecule has 2 amide bonds. The molecule has 1 aliphatic heterocycles. The monoisotopic (exact) mass is 329 g/mol. The first-order chi connectivity index (χ1) is 10.4. The number of nitrogens with two attached hydrogens (primary N) is 1. The van der Waals surface area contributed by atoms with E-state index in [2.05, 4.69) is 19.2 Å². The number of carbonyl (C=O) groups excluding carboxylic acids is 2. The summed E-state index contributed by atoms with van der Waals surface area (Å²) in [5.41, 5.74) is 5.44. The van der Waals surface area contributed by atoms with Crippen LogP contribution in [-0.4, -0.2) is 53.4 Å². The van der Waals surface area contributed by atoms with Crippen molar-refractivity contribution in [3.05, 3.63) is 0 Å². The second-order valence-electron chi connectivity index (χ2n) is 6.85. The lowest BCUT2D eigenvalue weighted by molar-refractivity contribution is -0.129. The third kappa shape index (κ3) is 7.01. The van der Waals surface area contributed by atoms with Gasteiger partial charge < -0.3 is 16.0 Å². The Morgan fingerprint density at radius 3 is 2.41 bits per heavy atom. The molecule has 1 atom stereocenters. The summed E-state index contributed by atoms with van der Waals surface area (Å²) < 4.78 is 0. The van der Waals surface area contributed by atoms with E-state index in [1.165, 1.54) is 18.2 Å². The van der Waals surface area contributed by atoms with Gasteiger partial charge in [0.1, 0.15) is 0 Å². The molecule has 0 aliphatic carbocycles. The number of hydrogen-bond donors (Lipinski definition) is 2. The highest BCUT2D eigenvalue weighted by molar-refractivity contribution is 8.00. The highest BCUT2D eigenvalue weighted by Crippen LogP contribution is 2.16. The van der Waals surface area contributed by atoms with Crippen LogP contribution in [0.4, 0.5) is 0 Å². The smallest absolute Gasteiger partial charge is 0.232 e. The van der Waals surface area contributed by atoms with Crippen LogP contribution < -0.4 is 11.1 Å². The normalized spacial score (nSPS) is 18.1. The summed E-state index contributed by atoms with van der Waals surface area (Å²) in [6.07, 6.45) is 4.27. The van der Waals surface area contributed by atoms with E-state index in [4.69, 9.17) is 5.73 Å². The lowest BCUT2D eigenvalue weighted by atomic mass is 9.91. The second-order valence-corrected chi connectivity index (χ2v) is 7.83. The lowest BCUT2D eigenvalue weighted by Crippen LogP contribution is -2.52. The van der Waals surface area contributed by atoms with Crippen molar-refractivity contribution >= 4 is 23.6 Å². The molecule has 0 radical (unpaired) electrons. The van der Waals surface area contributed by atoms with Gasteiger partial charge in [-0.15, -0.1) is 11.8 Å². The van der Waals surface area contributed by atoms with E-state index in [0.717, 1.165) is 32.4 Å². The van der Waals surface area contributed by atoms with Gasteiger partial charge in [0.05, 0.1) is 11.5 Å². The number of amides is 2. The van der Waals surface area contributed by atoms with Gasteiger partial charge in [-0.3, -0.25) is 9.59 Å². The summed E-state index contributed by atoms with van der Waals surface area (Å²) in [5, 5.41) is 3.02. The zero-order valence-electron chi connectivity index (χ0n) is 14.2. The van der Waals surface area contributed by atoms with Crippen molar-refractivity contribution in [1.29, 1.82) is 0 Å². The molecule has 6 heteroatoms. The molecular weight excluding hydrogens is 298 g/mol. The predicted octanol–water partition coefficient (Wildman–Crippen LogP) is 1.61. The Hall–Kier alpha value is -0.750. The molecule has 0 aromatic heterocycles. The average molecular weight is 330 g/mol. The Labute approximate surface area is 138 Å². The van der Waals surface area contributed by atoms with Gasteiger partial charge in [0, 0.05) is 25.2 Å². The van der Waals surface area contributed by atoms with Crippen molar-refractivity contribution in [1.82, 2.24) is 10.2 Å². The Morgan fingerprint density at radius 2 is 1.86 bits per heavy atom. The van der Waals surface area contributed by atoms with Gasteiger partial charge in [0.15, 0.2) is 0 Å². The molecule has 1 fully saturated rings. The van der Waals surface area contributed by atoms with E-state index in [0.29, 0.717) is 24.0 Å². The number of hydrogen-bond acceptors (Lipinski definition) is 4. The number of piperidine rings is 1. The molecule has 1 rings (SSSR count). The summed E-state index contributed by atoms with van der Waals surface area (Å²) >= 11 is 1.39. The van der Waals surface area contributed by atoms with E-state index in [1.807, 2.05) is 11.8 Å². The topological polar surface area (TPSA) is 75.4 Å². The minimum atomic E-state index is -0.358. The quantitative estimate of drug-likeness (QED) is 0.709. The van der Waals surface area contributed by atoms with Crippen LogP contribution in [0.2, 0.25) is 0 Å². The molecular formula is C16H31N3O2S. The SMILES string of the molecule is CC(C)CC(C)(CN)NC(=O)CSCC(=O)N1CCCCC1. The zero-order valence-corrected chi connectivity index (χ0v) is 15.0. The summed E-state index contributed by atoms with van der Waals surface area (Å²) in [7, 11) is 0. The number of carbonyl (C=O) groups is 2. The molecule has 1 unspecified atom stereocenters. The summed E-state index contributed by atoms with van der Waals surface area (Å²) in [4.78, 5) is 26.0. The van der Waals surface area contributed by atoms with Gasteiger partial charge in [-0.2, -0.15) is 0 Å². The standard InChI is InChI=1S/C16H31N3O2S/c1-13(2)9-16(3,12-17)18-14(20)10-22-11-15(21)19-7-5-4-6-8-19/h13H,4-12,17H2,1-3H3,(H,18,20). The first kappa shape index (κ1) is 19.3. The van der Waals surface area contributed by atoms with Crippen molar-refractivity contribution in [2.24, 2.45) is 11.7 Å². The fourth-order valence-corrected chi connectivity index (χ4v) is 3.64. The van der Waals surface area contributed by atoms with E-state index in [-0.39, 0.29) is 17.4 Å². The predicted molar refractivity (Wildman–Crippen MR) is 92.8 cm³/mol. The fraction of sp³-hybridized carbons (Fsp3) is 0.875. The maximum atomic E-state index is 12.0. The molecule has 1 aliphatic rings. The van der Waals surface area contributed by atoms with Crippen LogP contribution in [0.15, 0.2) is 0 Å². The molecule has 1 saturated heterocycles. The van der Waals surface area contributed by atoms with E-state index in [1.54, 1.807) is 0 Å². The van der Waals surface area contributed by atoms with Gasteiger partial charge in [-0.05, 0) is 38.5 Å². The van der Waals surface area contributed by atoms with Crippen molar-refractivity contribution in [3.63, 3.8) is 0 Å². The second kappa shape index (κ2) is 9.40. The van der Waals surface area contributed by atoms with Gasteiger partial charge in [-0.25, -0.2) is 0 Å². The molecule has 0 bridgehead atoms. The van der Waals surface area contributed by atoms with Crippen LogP contribution in [0.5, 0.6) is 0 Å². The number of nitrogens with one attached hydrogen (secondary N) is 1. The molecule has 0 spiro atoms. The van der Waals surface area contributed by atoms with Crippen LogP contribution in [0.25, 0.3) is 0 Å². The number of nitrogens with zero attached hydrogens (tertiary/aromatic N) is 1. The number of likely N-dealkylation sites (tertiary alicyclic amines) is 1. The lowest BCUT2D eigenvalue weighted by Gasteiger charge is -2.31. The maximum absolute atomic E-state index is 12.0. The molecule has 128 valence electrons. The maximum Gasteiger partial charge on any atom is 0.232 e. The summed E-state index contributed by atoms with van der Waals surface area (Å²) in [6, 6.07) is 0. The molecule has 22 heavy (non-hydrogen) atoms. The van der Waals surface area contributed by atoms with E-state index < -0.39 is 0 Å². The third-order valence-electron chi connectivity index (χ3n) is 3.92. The van der Waals surface area contributed by atoms with E-state index in [9.17, 15) is 9.59 Å². The Kier molecular flexibility index (Phi) is 8.25. The number of thioether (sulfide) groups is 1. The first-order valence-electron chi connectivity index (χ1n) is 8.23. The zero-order chi connectivity index (χ0) is 16.6. The summed E-state index contributed by atoms with van der Waals surface area (Å²) in [5.74, 6) is 1.29. The van der Waals surface area contributed by atoms with Gasteiger partial charge in [0.25, 0.3) is 0 Å². The first-order valence-corrected chi connectivity index (χ1v) is 9.38. The van der Waals surface area contributed by atoms with Crippen LogP contribution >= 0.6 is 11.8 Å². The highest BCUT2D eigenvalue weighted by Gasteiger charge is 2.26. The molecule has 5 nitrogen and oxygen atoms in total. The van der Waals surface area contributed by atoms with Gasteiger partial charge in [-0.1, -0.05) is 13.8 Å². The van der Waals surface area contributed by atoms with Crippen molar-refractivity contribution in [2.75, 3.05) is 31.1 Å². The fourth-order valence-electron chi connectivity index (χ4n) is 2.92. The minimum absolute atomic E-state index is 0.0370. The van der Waals surface area contributed by atoms with Gasteiger partial charge >= 0.3 is 0 Å². The summed E-state index contributed by atoms with van der Waals surface area (Å²) in [6.45, 7) is 8.37. The molecule has 1 heterocycles. The Balaban J connectivity index is 2.28. The molecule has 0 aromatic rings. The largest absolute Gasteiger partial charge is 0.349 e. The van der Waals surface area contributed by atoms with Crippen LogP contribution in [0, 0.1) is 5.92 Å². The Bertz CT molecular complexity index is 370. The van der Waals surface area contributed by atoms with Crippen molar-refractivity contribution in [2.45, 2.75) is 52.0 Å². The third-order valence-corrected chi connectivity index (χ3v) is 4.84. The number of rotatable bonds is 8. The van der Waals surface area contributed by atoms with Crippen molar-refractivity contribution in [3.8, 4) is 0 Å². The van der Waals surface area contributed by atoms with Crippen LogP contribution in [0.3, 0.4) is 0 Å².